The van der Waals surface area contributed by atoms with Crippen LogP contribution in [0.2, 0.25) is 10.0 Å². The van der Waals surface area contributed by atoms with E-state index in [1.54, 1.807) is 18.2 Å². The number of hydrogen-bond donors (Lipinski definition) is 2. The number of hydrogen-bond acceptors (Lipinski definition) is 5. The number of aromatic amines is 1. The lowest BCUT2D eigenvalue weighted by Crippen LogP contribution is -2.43. The Kier molecular flexibility index (Phi) is 7.74. The fraction of sp³-hybridized carbons (Fsp3) is 0.227. The van der Waals surface area contributed by atoms with Gasteiger partial charge in [0, 0.05) is 13.7 Å². The molecule has 32 heavy (non-hydrogen) atoms. The average Bonchev–Trinajstić information content (AvgIpc) is 2.76. The Morgan fingerprint density at radius 3 is 2.47 bits per heavy atom. The van der Waals surface area contributed by atoms with Crippen LogP contribution in [0, 0.1) is 0 Å². The van der Waals surface area contributed by atoms with Crippen LogP contribution in [-0.4, -0.2) is 35.7 Å². The quantitative estimate of drug-likeness (QED) is 0.519. The van der Waals surface area contributed by atoms with Crippen LogP contribution in [0.3, 0.4) is 0 Å². The fourth-order valence-electron chi connectivity index (χ4n) is 3.22. The van der Waals surface area contributed by atoms with Crippen LogP contribution < -0.4 is 21.9 Å². The molecule has 3 N–H and O–H groups in total. The number of H-pyrrole nitrogens is 1. The Morgan fingerprint density at radius 1 is 1.09 bits per heavy atom. The van der Waals surface area contributed by atoms with Crippen molar-refractivity contribution in [3.8, 4) is 0 Å². The molecule has 0 spiro atoms. The van der Waals surface area contributed by atoms with Crippen molar-refractivity contribution < 1.29 is 9.53 Å². The standard InChI is InChI=1S/C22H22Cl2N4O4/c1-32-10-9-27(18(29)12-15-7-8-16(23)17(24)11-15)19-20(25)28(22(31)26-21(19)30)13-14-5-3-2-4-6-14/h2-8,11H,9-10,12-13,25H2,1H3,(H,26,30,31). The van der Waals surface area contributed by atoms with Gasteiger partial charge in [-0.1, -0.05) is 59.6 Å². The lowest BCUT2D eigenvalue weighted by atomic mass is 10.1. The van der Waals surface area contributed by atoms with E-state index < -0.39 is 17.2 Å². The highest BCUT2D eigenvalue weighted by Crippen LogP contribution is 2.24. The summed E-state index contributed by atoms with van der Waals surface area (Å²) in [7, 11) is 1.48. The molecule has 3 rings (SSSR count). The number of amides is 1. The van der Waals surface area contributed by atoms with E-state index in [4.69, 9.17) is 33.7 Å². The maximum atomic E-state index is 13.2. The smallest absolute Gasteiger partial charge is 0.330 e. The molecule has 1 aromatic heterocycles. The van der Waals surface area contributed by atoms with E-state index >= 15 is 0 Å². The highest BCUT2D eigenvalue weighted by atomic mass is 35.5. The molecule has 168 valence electrons. The van der Waals surface area contributed by atoms with Crippen molar-refractivity contribution in [1.29, 1.82) is 0 Å². The highest BCUT2D eigenvalue weighted by molar-refractivity contribution is 6.42. The second kappa shape index (κ2) is 10.5. The van der Waals surface area contributed by atoms with Crippen molar-refractivity contribution in [2.75, 3.05) is 30.9 Å². The van der Waals surface area contributed by atoms with Gasteiger partial charge in [-0.05, 0) is 23.3 Å². The molecule has 2 aromatic carbocycles. The van der Waals surface area contributed by atoms with Gasteiger partial charge in [0.25, 0.3) is 5.56 Å². The van der Waals surface area contributed by atoms with Crippen LogP contribution in [0.25, 0.3) is 0 Å². The maximum absolute atomic E-state index is 13.2. The third-order valence-electron chi connectivity index (χ3n) is 4.83. The van der Waals surface area contributed by atoms with E-state index in [2.05, 4.69) is 4.98 Å². The molecular formula is C22H22Cl2N4O4. The summed E-state index contributed by atoms with van der Waals surface area (Å²) in [5.74, 6) is -0.524. The molecule has 0 radical (unpaired) electrons. The molecule has 0 bridgehead atoms. The summed E-state index contributed by atoms with van der Waals surface area (Å²) in [6.07, 6.45) is -0.0582. The first-order valence-corrected chi connectivity index (χ1v) is 10.5. The number of carbonyl (C=O) groups is 1. The molecule has 0 unspecified atom stereocenters. The normalized spacial score (nSPS) is 10.8. The molecular weight excluding hydrogens is 455 g/mol. The van der Waals surface area contributed by atoms with Gasteiger partial charge in [-0.3, -0.25) is 19.1 Å². The van der Waals surface area contributed by atoms with Crippen LogP contribution in [0.1, 0.15) is 11.1 Å². The van der Waals surface area contributed by atoms with Gasteiger partial charge in [-0.25, -0.2) is 4.79 Å². The van der Waals surface area contributed by atoms with Crippen LogP contribution in [0.15, 0.2) is 58.1 Å². The van der Waals surface area contributed by atoms with E-state index in [-0.39, 0.29) is 37.6 Å². The van der Waals surface area contributed by atoms with Gasteiger partial charge in [0.1, 0.15) is 5.82 Å². The van der Waals surface area contributed by atoms with Crippen molar-refractivity contribution in [2.24, 2.45) is 0 Å². The lowest BCUT2D eigenvalue weighted by Gasteiger charge is -2.24. The third-order valence-corrected chi connectivity index (χ3v) is 5.57. The van der Waals surface area contributed by atoms with Crippen LogP contribution in [0.4, 0.5) is 11.5 Å². The molecule has 1 heterocycles. The second-order valence-electron chi connectivity index (χ2n) is 7.03. The predicted molar refractivity (Wildman–Crippen MR) is 126 cm³/mol. The van der Waals surface area contributed by atoms with Crippen molar-refractivity contribution >= 4 is 40.6 Å². The van der Waals surface area contributed by atoms with E-state index in [9.17, 15) is 14.4 Å². The van der Waals surface area contributed by atoms with Crippen molar-refractivity contribution in [3.63, 3.8) is 0 Å². The van der Waals surface area contributed by atoms with Gasteiger partial charge in [-0.2, -0.15) is 0 Å². The van der Waals surface area contributed by atoms with Gasteiger partial charge < -0.3 is 15.4 Å². The zero-order valence-electron chi connectivity index (χ0n) is 17.3. The molecule has 0 saturated heterocycles. The minimum Gasteiger partial charge on any atom is -0.383 e. The molecule has 0 aliphatic heterocycles. The molecule has 1 amide bonds. The molecule has 0 aliphatic carbocycles. The van der Waals surface area contributed by atoms with Gasteiger partial charge in [-0.15, -0.1) is 0 Å². The summed E-state index contributed by atoms with van der Waals surface area (Å²) in [6, 6.07) is 14.0. The van der Waals surface area contributed by atoms with E-state index in [1.807, 2.05) is 30.3 Å². The van der Waals surface area contributed by atoms with E-state index in [0.717, 1.165) is 5.56 Å². The van der Waals surface area contributed by atoms with E-state index in [0.29, 0.717) is 15.6 Å². The zero-order chi connectivity index (χ0) is 23.3. The molecule has 0 atom stereocenters. The first-order chi connectivity index (χ1) is 15.3. The molecule has 0 saturated carbocycles. The second-order valence-corrected chi connectivity index (χ2v) is 7.84. The monoisotopic (exact) mass is 476 g/mol. The number of anilines is 2. The number of methoxy groups -OCH3 is 1. The topological polar surface area (TPSA) is 110 Å². The Morgan fingerprint density at radius 2 is 1.81 bits per heavy atom. The Bertz CT molecular complexity index is 1220. The predicted octanol–water partition coefficient (Wildman–Crippen LogP) is 2.70. The molecule has 3 aromatic rings. The number of nitrogen functional groups attached to an aromatic ring is 1. The number of nitrogens with zero attached hydrogens (tertiary/aromatic N) is 2. The summed E-state index contributed by atoms with van der Waals surface area (Å²) >= 11 is 12.0. The fourth-order valence-corrected chi connectivity index (χ4v) is 3.55. The Labute approximate surface area is 194 Å². The summed E-state index contributed by atoms with van der Waals surface area (Å²) in [5.41, 5.74) is 6.14. The maximum Gasteiger partial charge on any atom is 0.330 e. The Balaban J connectivity index is 2.01. The molecule has 10 heteroatoms. The van der Waals surface area contributed by atoms with Crippen LogP contribution in [-0.2, 0) is 22.5 Å². The number of aromatic nitrogens is 2. The summed E-state index contributed by atoms with van der Waals surface area (Å²) in [6.45, 7) is 0.353. The first kappa shape index (κ1) is 23.6. The number of ether oxygens (including phenoxy) is 1. The molecule has 8 nitrogen and oxygen atoms in total. The zero-order valence-corrected chi connectivity index (χ0v) is 18.8. The van der Waals surface area contributed by atoms with Gasteiger partial charge in [0.2, 0.25) is 5.91 Å². The van der Waals surface area contributed by atoms with Crippen molar-refractivity contribution in [2.45, 2.75) is 13.0 Å². The lowest BCUT2D eigenvalue weighted by molar-refractivity contribution is -0.118. The SMILES string of the molecule is COCCN(C(=O)Cc1ccc(Cl)c(Cl)c1)c1c(N)n(Cc2ccccc2)c(=O)[nH]c1=O. The summed E-state index contributed by atoms with van der Waals surface area (Å²) in [5, 5.41) is 0.682. The largest absolute Gasteiger partial charge is 0.383 e. The highest BCUT2D eigenvalue weighted by Gasteiger charge is 2.24. The molecule has 0 fully saturated rings. The number of nitrogens with one attached hydrogen (secondary N) is 1. The Hall–Kier alpha value is -3.07. The average molecular weight is 477 g/mol. The van der Waals surface area contributed by atoms with Crippen LogP contribution in [0.5, 0.6) is 0 Å². The van der Waals surface area contributed by atoms with Crippen molar-refractivity contribution in [3.05, 3.63) is 90.5 Å². The minimum atomic E-state index is -0.754. The van der Waals surface area contributed by atoms with Gasteiger partial charge >= 0.3 is 5.69 Å². The van der Waals surface area contributed by atoms with E-state index in [1.165, 1.54) is 16.6 Å². The summed E-state index contributed by atoms with van der Waals surface area (Å²) < 4.78 is 6.32. The number of carbonyl (C=O) groups excluding carboxylic acids is 1. The minimum absolute atomic E-state index is 0.0582. The van der Waals surface area contributed by atoms with Crippen LogP contribution >= 0.6 is 23.2 Å². The van der Waals surface area contributed by atoms with Crippen molar-refractivity contribution in [1.82, 2.24) is 9.55 Å². The van der Waals surface area contributed by atoms with Gasteiger partial charge in [0.05, 0.1) is 29.6 Å². The van der Waals surface area contributed by atoms with Gasteiger partial charge in [0.15, 0.2) is 5.69 Å². The molecule has 0 aliphatic rings. The third kappa shape index (κ3) is 5.40. The summed E-state index contributed by atoms with van der Waals surface area (Å²) in [4.78, 5) is 41.8. The number of nitrogens with two attached hydrogens (primary N) is 1. The number of halogens is 2. The first-order valence-electron chi connectivity index (χ1n) is 9.71. The number of rotatable bonds is 8. The number of benzene rings is 2.